The first-order valence-corrected chi connectivity index (χ1v) is 10.8. The molecular formula is C23H24FN3O2S. The van der Waals surface area contributed by atoms with Gasteiger partial charge in [0.1, 0.15) is 5.82 Å². The number of benzene rings is 2. The van der Waals surface area contributed by atoms with Crippen molar-refractivity contribution in [2.45, 2.75) is 47.8 Å². The smallest absolute Gasteiger partial charge is 0.250 e. The Bertz CT molecular complexity index is 1040. The number of halogens is 1. The van der Waals surface area contributed by atoms with E-state index < -0.39 is 5.91 Å². The Labute approximate surface area is 179 Å². The van der Waals surface area contributed by atoms with Crippen molar-refractivity contribution < 1.29 is 14.3 Å². The third-order valence-corrected chi connectivity index (χ3v) is 6.36. The minimum absolute atomic E-state index is 0.188. The maximum atomic E-state index is 13.6. The molecule has 1 saturated carbocycles. The highest BCUT2D eigenvalue weighted by Crippen LogP contribution is 2.32. The summed E-state index contributed by atoms with van der Waals surface area (Å²) in [4.78, 5) is 12.8. The van der Waals surface area contributed by atoms with Gasteiger partial charge in [0.05, 0.1) is 16.7 Å². The monoisotopic (exact) mass is 425 g/mol. The second-order valence-corrected chi connectivity index (χ2v) is 8.61. The van der Waals surface area contributed by atoms with Gasteiger partial charge >= 0.3 is 0 Å². The number of aliphatic hydroxyl groups is 1. The zero-order valence-corrected chi connectivity index (χ0v) is 17.2. The van der Waals surface area contributed by atoms with Crippen LogP contribution in [0, 0.1) is 5.82 Å². The Morgan fingerprint density at radius 1 is 1.10 bits per heavy atom. The summed E-state index contributed by atoms with van der Waals surface area (Å²) >= 11 is 1.47. The number of rotatable bonds is 6. The molecule has 0 saturated heterocycles. The fourth-order valence-electron chi connectivity index (χ4n) is 3.77. The minimum Gasteiger partial charge on any atom is -0.393 e. The number of aromatic nitrogens is 1. The van der Waals surface area contributed by atoms with E-state index in [2.05, 4.69) is 5.32 Å². The Morgan fingerprint density at radius 2 is 1.90 bits per heavy atom. The zero-order chi connectivity index (χ0) is 21.1. The van der Waals surface area contributed by atoms with E-state index in [4.69, 9.17) is 5.73 Å². The maximum Gasteiger partial charge on any atom is 0.250 e. The van der Waals surface area contributed by atoms with Crippen LogP contribution in [0.2, 0.25) is 0 Å². The van der Waals surface area contributed by atoms with Crippen LogP contribution in [0.25, 0.3) is 5.69 Å². The summed E-state index contributed by atoms with van der Waals surface area (Å²) in [5.74, 6) is -0.755. The van der Waals surface area contributed by atoms with Crippen LogP contribution in [0.1, 0.15) is 36.0 Å². The molecule has 0 unspecified atom stereocenters. The zero-order valence-electron chi connectivity index (χ0n) is 16.4. The molecule has 1 aliphatic rings. The van der Waals surface area contributed by atoms with E-state index in [1.54, 1.807) is 12.1 Å². The molecule has 7 heteroatoms. The fourth-order valence-corrected chi connectivity index (χ4v) is 4.74. The lowest BCUT2D eigenvalue weighted by Crippen LogP contribution is -2.29. The highest BCUT2D eigenvalue weighted by molar-refractivity contribution is 7.99. The molecule has 1 aromatic heterocycles. The quantitative estimate of drug-likeness (QED) is 0.540. The molecule has 1 aliphatic carbocycles. The lowest BCUT2D eigenvalue weighted by Gasteiger charge is -2.28. The van der Waals surface area contributed by atoms with Gasteiger partial charge in [0.25, 0.3) is 5.91 Å². The Balaban J connectivity index is 1.62. The number of nitrogens with one attached hydrogen (secondary N) is 1. The summed E-state index contributed by atoms with van der Waals surface area (Å²) in [7, 11) is 0. The van der Waals surface area contributed by atoms with E-state index >= 15 is 0 Å². The number of hydrogen-bond donors (Lipinski definition) is 3. The molecule has 1 amide bonds. The number of hydrogen-bond acceptors (Lipinski definition) is 4. The van der Waals surface area contributed by atoms with Crippen LogP contribution in [0.3, 0.4) is 0 Å². The molecule has 0 bridgehead atoms. The molecule has 4 rings (SSSR count). The number of aliphatic hydroxyl groups excluding tert-OH is 1. The van der Waals surface area contributed by atoms with Crippen LogP contribution in [0.4, 0.5) is 10.1 Å². The predicted molar refractivity (Wildman–Crippen MR) is 117 cm³/mol. The number of carbonyl (C=O) groups excluding carboxylic acids is 1. The van der Waals surface area contributed by atoms with Crippen molar-refractivity contribution in [3.05, 3.63) is 72.2 Å². The molecule has 1 fully saturated rings. The average Bonchev–Trinajstić information content (AvgIpc) is 3.17. The Kier molecular flexibility index (Phi) is 6.11. The predicted octanol–water partition coefficient (Wildman–Crippen LogP) is 4.58. The van der Waals surface area contributed by atoms with Crippen molar-refractivity contribution in [3.63, 3.8) is 0 Å². The van der Waals surface area contributed by atoms with Crippen molar-refractivity contribution in [3.8, 4) is 5.69 Å². The first-order valence-electron chi connectivity index (χ1n) is 9.99. The van der Waals surface area contributed by atoms with Gasteiger partial charge < -0.3 is 20.7 Å². The number of nitrogens with two attached hydrogens (primary N) is 1. The van der Waals surface area contributed by atoms with Crippen molar-refractivity contribution >= 4 is 23.4 Å². The number of amides is 1. The fraction of sp³-hybridized carbons (Fsp3) is 0.261. The molecule has 156 valence electrons. The van der Waals surface area contributed by atoms with Gasteiger partial charge in [-0.3, -0.25) is 4.79 Å². The normalized spacial score (nSPS) is 18.9. The van der Waals surface area contributed by atoms with E-state index in [1.165, 1.54) is 23.9 Å². The molecule has 30 heavy (non-hydrogen) atoms. The summed E-state index contributed by atoms with van der Waals surface area (Å²) in [5, 5.41) is 14.1. The highest BCUT2D eigenvalue weighted by Gasteiger charge is 2.21. The topological polar surface area (TPSA) is 80.3 Å². The SMILES string of the molecule is NC(=O)c1ccc(-n2cccc2Sc2cccc(F)c2)cc1NC1CCC(O)CC1. The lowest BCUT2D eigenvalue weighted by molar-refractivity contribution is 0.100. The van der Waals surface area contributed by atoms with Gasteiger partial charge in [-0.25, -0.2) is 4.39 Å². The van der Waals surface area contributed by atoms with Crippen LogP contribution in [0.15, 0.2) is 70.7 Å². The number of primary amides is 1. The van der Waals surface area contributed by atoms with Gasteiger partial charge in [0, 0.05) is 28.5 Å². The third-order valence-electron chi connectivity index (χ3n) is 5.33. The van der Waals surface area contributed by atoms with Crippen LogP contribution in [-0.4, -0.2) is 27.7 Å². The highest BCUT2D eigenvalue weighted by atomic mass is 32.2. The largest absolute Gasteiger partial charge is 0.393 e. The molecule has 4 N–H and O–H groups in total. The van der Waals surface area contributed by atoms with Gasteiger partial charge in [0.2, 0.25) is 0 Å². The first kappa shape index (κ1) is 20.5. The molecule has 0 atom stereocenters. The Morgan fingerprint density at radius 3 is 2.63 bits per heavy atom. The van der Waals surface area contributed by atoms with E-state index in [9.17, 15) is 14.3 Å². The first-order chi connectivity index (χ1) is 14.5. The van der Waals surface area contributed by atoms with Gasteiger partial charge in [-0.1, -0.05) is 17.8 Å². The number of nitrogens with zero attached hydrogens (tertiary/aromatic N) is 1. The second-order valence-electron chi connectivity index (χ2n) is 7.52. The summed E-state index contributed by atoms with van der Waals surface area (Å²) < 4.78 is 15.5. The van der Waals surface area contributed by atoms with E-state index in [-0.39, 0.29) is 18.0 Å². The number of carbonyl (C=O) groups is 1. The van der Waals surface area contributed by atoms with Gasteiger partial charge in [-0.05, 0) is 74.2 Å². The molecule has 0 spiro atoms. The second kappa shape index (κ2) is 8.93. The summed E-state index contributed by atoms with van der Waals surface area (Å²) in [6.07, 6.45) is 4.86. The standard InChI is InChI=1S/C23H24FN3O2S/c24-15-3-1-4-19(13-15)30-22-5-2-12-27(22)17-8-11-20(23(25)29)21(14-17)26-16-6-9-18(28)10-7-16/h1-5,8,11-14,16,18,26,28H,6-7,9-10H2,(H2,25,29). The van der Waals surface area contributed by atoms with Gasteiger partial charge in [0.15, 0.2) is 0 Å². The van der Waals surface area contributed by atoms with Crippen molar-refractivity contribution in [1.82, 2.24) is 4.57 Å². The molecule has 0 aliphatic heterocycles. The van der Waals surface area contributed by atoms with Crippen molar-refractivity contribution in [2.75, 3.05) is 5.32 Å². The third kappa shape index (κ3) is 4.68. The van der Waals surface area contributed by atoms with E-state index in [0.717, 1.165) is 41.3 Å². The van der Waals surface area contributed by atoms with Crippen molar-refractivity contribution in [1.29, 1.82) is 0 Å². The molecule has 1 heterocycles. The minimum atomic E-state index is -0.484. The van der Waals surface area contributed by atoms with Crippen LogP contribution in [-0.2, 0) is 0 Å². The van der Waals surface area contributed by atoms with Crippen LogP contribution < -0.4 is 11.1 Å². The molecule has 5 nitrogen and oxygen atoms in total. The molecule has 3 aromatic rings. The molecular weight excluding hydrogens is 401 g/mol. The molecule has 2 aromatic carbocycles. The maximum absolute atomic E-state index is 13.6. The summed E-state index contributed by atoms with van der Waals surface area (Å²) in [5.41, 5.74) is 7.60. The molecule has 0 radical (unpaired) electrons. The van der Waals surface area contributed by atoms with E-state index in [0.29, 0.717) is 11.3 Å². The number of anilines is 1. The van der Waals surface area contributed by atoms with E-state index in [1.807, 2.05) is 41.1 Å². The lowest BCUT2D eigenvalue weighted by atomic mass is 9.92. The summed E-state index contributed by atoms with van der Waals surface area (Å²) in [6.45, 7) is 0. The summed E-state index contributed by atoms with van der Waals surface area (Å²) in [6, 6.07) is 16.1. The van der Waals surface area contributed by atoms with Crippen LogP contribution >= 0.6 is 11.8 Å². The van der Waals surface area contributed by atoms with Gasteiger partial charge in [-0.15, -0.1) is 0 Å². The van der Waals surface area contributed by atoms with Gasteiger partial charge in [-0.2, -0.15) is 0 Å². The average molecular weight is 426 g/mol. The van der Waals surface area contributed by atoms with Crippen LogP contribution in [0.5, 0.6) is 0 Å². The Hall–Kier alpha value is -2.77. The van der Waals surface area contributed by atoms with Crippen molar-refractivity contribution in [2.24, 2.45) is 5.73 Å².